The van der Waals surface area contributed by atoms with Crippen molar-refractivity contribution in [3.8, 4) is 0 Å². The smallest absolute Gasteiger partial charge is 0.407 e. The van der Waals surface area contributed by atoms with E-state index in [4.69, 9.17) is 23.7 Å². The van der Waals surface area contributed by atoms with Gasteiger partial charge in [0.2, 0.25) is 6.29 Å². The van der Waals surface area contributed by atoms with Crippen LogP contribution in [-0.2, 0) is 23.7 Å². The van der Waals surface area contributed by atoms with E-state index in [1.165, 1.54) is 0 Å². The molecule has 43 heavy (non-hydrogen) atoms. The second-order valence-corrected chi connectivity index (χ2v) is 13.8. The highest BCUT2D eigenvalue weighted by Gasteiger charge is 2.51. The average Bonchev–Trinajstić information content (AvgIpc) is 2.91. The molecule has 0 radical (unpaired) electrons. The Bertz CT molecular complexity index is 925. The van der Waals surface area contributed by atoms with Crippen LogP contribution in [0.5, 0.6) is 0 Å². The molecule has 1 amide bonds. The van der Waals surface area contributed by atoms with Gasteiger partial charge in [-0.05, 0) is 78.3 Å². The van der Waals surface area contributed by atoms with E-state index < -0.39 is 66.4 Å². The Morgan fingerprint density at radius 1 is 1.14 bits per heavy atom. The molecular weight excluding hydrogens is 560 g/mol. The van der Waals surface area contributed by atoms with E-state index in [2.05, 4.69) is 16.7 Å². The van der Waals surface area contributed by atoms with Crippen LogP contribution in [0, 0.1) is 17.8 Å². The summed E-state index contributed by atoms with van der Waals surface area (Å²) >= 11 is 0. The number of alkyl carbamates (subject to hydrolysis) is 1. The largest absolute Gasteiger partial charge is 0.469 e. The predicted octanol–water partition coefficient (Wildman–Crippen LogP) is 2.17. The number of likely N-dealkylation sites (N-methyl/N-ethyl adjacent to an activating group) is 1. The van der Waals surface area contributed by atoms with E-state index in [1.807, 2.05) is 20.8 Å². The van der Waals surface area contributed by atoms with Crippen molar-refractivity contribution < 1.29 is 48.9 Å². The Morgan fingerprint density at radius 3 is 2.44 bits per heavy atom. The summed E-state index contributed by atoms with van der Waals surface area (Å²) in [4.78, 5) is 12.0. The van der Waals surface area contributed by atoms with Crippen molar-refractivity contribution >= 4 is 6.09 Å². The highest BCUT2D eigenvalue weighted by molar-refractivity contribution is 5.67. The summed E-state index contributed by atoms with van der Waals surface area (Å²) in [5.74, 6) is 0.681. The molecule has 12 nitrogen and oxygen atoms in total. The number of aliphatic hydroxyl groups excluding tert-OH is 3. The van der Waals surface area contributed by atoms with Crippen molar-refractivity contribution in [2.75, 3.05) is 20.2 Å². The van der Waals surface area contributed by atoms with Crippen molar-refractivity contribution in [2.45, 2.75) is 141 Å². The Morgan fingerprint density at radius 2 is 1.81 bits per heavy atom. The average molecular weight is 617 g/mol. The van der Waals surface area contributed by atoms with Crippen LogP contribution >= 0.6 is 0 Å². The molecule has 12 heteroatoms. The van der Waals surface area contributed by atoms with E-state index >= 15 is 0 Å². The summed E-state index contributed by atoms with van der Waals surface area (Å²) in [5, 5.41) is 49.7. The number of carbonyl (C=O) groups is 1. The summed E-state index contributed by atoms with van der Waals surface area (Å²) in [6.45, 7) is 12.9. The van der Waals surface area contributed by atoms with E-state index in [9.17, 15) is 25.2 Å². The second-order valence-electron chi connectivity index (χ2n) is 13.8. The molecule has 0 spiro atoms. The molecule has 2 heterocycles. The Kier molecular flexibility index (Phi) is 12.7. The minimum Gasteiger partial charge on any atom is -0.469 e. The van der Waals surface area contributed by atoms with Crippen molar-refractivity contribution in [1.29, 1.82) is 0 Å². The molecule has 2 fully saturated rings. The standard InChI is InChI=1S/C31H56N2O10/c1-9-21-13-10-17(2)27(40-21)41-24-18(3)14-19(11-12-20(34)15-33-29(37)43-30(4,5)6)25(22(24)35)42-28-23(36)26(32-8)31(7,38)16-39-28/h13,17-20,22-28,32,34-36,38H,9-12,14-16H2,1-8H3,(H,33,37)/t17-,18+,19-,20?,22+,23-,24?,25+,26-,27-,28-,31+/m1/s1. The molecule has 250 valence electrons. The molecule has 1 aliphatic carbocycles. The zero-order valence-electron chi connectivity index (χ0n) is 27.1. The van der Waals surface area contributed by atoms with Crippen molar-refractivity contribution in [3.63, 3.8) is 0 Å². The van der Waals surface area contributed by atoms with Crippen molar-refractivity contribution in [1.82, 2.24) is 10.6 Å². The van der Waals surface area contributed by atoms with Crippen LogP contribution < -0.4 is 10.6 Å². The fourth-order valence-corrected chi connectivity index (χ4v) is 6.27. The van der Waals surface area contributed by atoms with Crippen LogP contribution in [-0.4, -0.2) is 107 Å². The number of allylic oxidation sites excluding steroid dienone is 2. The number of hydrogen-bond acceptors (Lipinski definition) is 11. The molecule has 0 aromatic heterocycles. The van der Waals surface area contributed by atoms with Gasteiger partial charge >= 0.3 is 6.09 Å². The third-order valence-electron chi connectivity index (χ3n) is 8.65. The van der Waals surface area contributed by atoms with E-state index in [-0.39, 0.29) is 30.9 Å². The zero-order chi connectivity index (χ0) is 32.1. The molecule has 1 saturated heterocycles. The van der Waals surface area contributed by atoms with Crippen LogP contribution in [0.2, 0.25) is 0 Å². The van der Waals surface area contributed by atoms with Gasteiger partial charge < -0.3 is 54.7 Å². The van der Waals surface area contributed by atoms with Gasteiger partial charge in [-0.3, -0.25) is 0 Å². The fourth-order valence-electron chi connectivity index (χ4n) is 6.27. The van der Waals surface area contributed by atoms with Gasteiger partial charge in [0.25, 0.3) is 0 Å². The SMILES string of the molecule is CCC1=CC[C@@H](C)[C@@H](OC2[C@@H](C)C[C@@H](CCC(O)CNC(=O)OC(C)(C)C)[C@H](O[C@H]3OC[C@](C)(O)[C@H](NC)[C@H]3O)[C@H]2O)O1. The number of nitrogens with one attached hydrogen (secondary N) is 2. The van der Waals surface area contributed by atoms with E-state index in [0.29, 0.717) is 19.3 Å². The number of hydrogen-bond donors (Lipinski definition) is 6. The minimum atomic E-state index is -1.32. The predicted molar refractivity (Wildman–Crippen MR) is 159 cm³/mol. The summed E-state index contributed by atoms with van der Waals surface area (Å²) in [6, 6.07) is -0.715. The first-order valence-electron chi connectivity index (χ1n) is 15.7. The lowest BCUT2D eigenvalue weighted by Crippen LogP contribution is -2.66. The van der Waals surface area contributed by atoms with Gasteiger partial charge in [0.15, 0.2) is 6.29 Å². The number of ether oxygens (including phenoxy) is 5. The summed E-state index contributed by atoms with van der Waals surface area (Å²) < 4.78 is 29.9. The summed E-state index contributed by atoms with van der Waals surface area (Å²) in [6.07, 6.45) is -1.68. The van der Waals surface area contributed by atoms with E-state index in [0.717, 1.165) is 18.6 Å². The topological polar surface area (TPSA) is 168 Å². The molecule has 0 aromatic rings. The lowest BCUT2D eigenvalue weighted by Gasteiger charge is -2.49. The first-order valence-corrected chi connectivity index (χ1v) is 15.7. The van der Waals surface area contributed by atoms with Crippen LogP contribution in [0.15, 0.2) is 11.8 Å². The highest BCUT2D eigenvalue weighted by Crippen LogP contribution is 2.40. The summed E-state index contributed by atoms with van der Waals surface area (Å²) in [5.41, 5.74) is -1.96. The maximum Gasteiger partial charge on any atom is 0.407 e. The second kappa shape index (κ2) is 15.2. The third-order valence-corrected chi connectivity index (χ3v) is 8.65. The zero-order valence-corrected chi connectivity index (χ0v) is 27.1. The van der Waals surface area contributed by atoms with Crippen LogP contribution in [0.3, 0.4) is 0 Å². The minimum absolute atomic E-state index is 0.0184. The summed E-state index contributed by atoms with van der Waals surface area (Å²) in [7, 11) is 1.64. The molecular formula is C31H56N2O10. The van der Waals surface area contributed by atoms with Gasteiger partial charge in [0.05, 0.1) is 36.7 Å². The van der Waals surface area contributed by atoms with Gasteiger partial charge in [-0.25, -0.2) is 4.79 Å². The Hall–Kier alpha value is -1.51. The lowest BCUT2D eigenvalue weighted by atomic mass is 9.74. The molecule has 2 unspecified atom stereocenters. The molecule has 1 saturated carbocycles. The fraction of sp³-hybridized carbons (Fsp3) is 0.903. The molecule has 3 aliphatic rings. The molecule has 2 aliphatic heterocycles. The van der Waals surface area contributed by atoms with Gasteiger partial charge in [-0.15, -0.1) is 0 Å². The Balaban J connectivity index is 1.73. The maximum absolute atomic E-state index is 12.0. The van der Waals surface area contributed by atoms with Crippen molar-refractivity contribution in [2.24, 2.45) is 17.8 Å². The van der Waals surface area contributed by atoms with Gasteiger partial charge in [-0.2, -0.15) is 0 Å². The van der Waals surface area contributed by atoms with Gasteiger partial charge in [-0.1, -0.05) is 20.8 Å². The molecule has 0 bridgehead atoms. The first kappa shape index (κ1) is 36.0. The maximum atomic E-state index is 12.0. The van der Waals surface area contributed by atoms with Crippen LogP contribution in [0.25, 0.3) is 0 Å². The van der Waals surface area contributed by atoms with Crippen LogP contribution in [0.1, 0.15) is 80.6 Å². The molecule has 3 rings (SSSR count). The third kappa shape index (κ3) is 9.74. The van der Waals surface area contributed by atoms with Crippen LogP contribution in [0.4, 0.5) is 4.79 Å². The van der Waals surface area contributed by atoms with Crippen molar-refractivity contribution in [3.05, 3.63) is 11.8 Å². The number of rotatable bonds is 11. The number of aliphatic hydroxyl groups is 4. The lowest BCUT2D eigenvalue weighted by molar-refractivity contribution is -0.312. The molecule has 6 N–H and O–H groups in total. The van der Waals surface area contributed by atoms with Gasteiger partial charge in [0, 0.05) is 18.9 Å². The van der Waals surface area contributed by atoms with E-state index in [1.54, 1.807) is 34.7 Å². The monoisotopic (exact) mass is 616 g/mol. The number of amides is 1. The van der Waals surface area contributed by atoms with Gasteiger partial charge in [0.1, 0.15) is 23.4 Å². The first-order chi connectivity index (χ1) is 20.1. The highest BCUT2D eigenvalue weighted by atomic mass is 16.7. The quantitative estimate of drug-likeness (QED) is 0.201. The molecule has 12 atom stereocenters. The Labute approximate surface area is 256 Å². The number of carbonyl (C=O) groups excluding carboxylic acids is 1. The normalized spacial score (nSPS) is 39.4. The molecule has 0 aromatic carbocycles.